The van der Waals surface area contributed by atoms with E-state index < -0.39 is 64.7 Å². The zero-order valence-electron chi connectivity index (χ0n) is 28.3. The second-order valence-electron chi connectivity index (χ2n) is 13.0. The van der Waals surface area contributed by atoms with Gasteiger partial charge in [0.15, 0.2) is 0 Å². The number of hydrogen-bond donors (Lipinski definition) is 2. The number of fused-ring (bicyclic) bond motifs is 4. The molecule has 3 aromatic rings. The Morgan fingerprint density at radius 1 is 0.865 bits per heavy atom. The summed E-state index contributed by atoms with van der Waals surface area (Å²) in [4.78, 5) is 71.2. The van der Waals surface area contributed by atoms with Crippen LogP contribution in [0.2, 0.25) is 10.0 Å². The van der Waals surface area contributed by atoms with Crippen LogP contribution in [0.3, 0.4) is 0 Å². The number of hydrazine groups is 1. The van der Waals surface area contributed by atoms with Crippen LogP contribution in [0, 0.1) is 23.7 Å². The van der Waals surface area contributed by atoms with Crippen molar-refractivity contribution >= 4 is 58.6 Å². The van der Waals surface area contributed by atoms with Crippen molar-refractivity contribution in [3.05, 3.63) is 87.4 Å². The van der Waals surface area contributed by atoms with Crippen LogP contribution in [0.1, 0.15) is 29.9 Å². The third-order valence-electron chi connectivity index (χ3n) is 10.8. The number of nitrogens with one attached hydrogen (secondary N) is 1. The van der Waals surface area contributed by atoms with Gasteiger partial charge in [0.1, 0.15) is 23.0 Å². The summed E-state index contributed by atoms with van der Waals surface area (Å²) in [5.41, 5.74) is 2.77. The predicted molar refractivity (Wildman–Crippen MR) is 186 cm³/mol. The van der Waals surface area contributed by atoms with Crippen LogP contribution in [0.25, 0.3) is 0 Å². The molecule has 5 amide bonds. The molecular weight excluding hydrogens is 717 g/mol. The van der Waals surface area contributed by atoms with Gasteiger partial charge in [-0.25, -0.2) is 4.79 Å². The van der Waals surface area contributed by atoms with Gasteiger partial charge >= 0.3 is 6.09 Å². The number of anilines is 1. The Morgan fingerprint density at radius 3 is 2.13 bits per heavy atom. The van der Waals surface area contributed by atoms with Crippen molar-refractivity contribution in [2.24, 2.45) is 23.7 Å². The van der Waals surface area contributed by atoms with Gasteiger partial charge < -0.3 is 24.1 Å². The molecule has 3 aromatic carbocycles. The molecule has 4 aliphatic rings. The second-order valence-corrected chi connectivity index (χ2v) is 13.8. The average molecular weight is 751 g/mol. The van der Waals surface area contributed by atoms with E-state index in [0.717, 1.165) is 12.1 Å². The van der Waals surface area contributed by atoms with Gasteiger partial charge in [-0.05, 0) is 54.7 Å². The Bertz CT molecular complexity index is 2050. The summed E-state index contributed by atoms with van der Waals surface area (Å²) >= 11 is 12.7. The van der Waals surface area contributed by atoms with Crippen LogP contribution in [0.4, 0.5) is 10.5 Å². The van der Waals surface area contributed by atoms with Crippen molar-refractivity contribution in [3.8, 4) is 23.0 Å². The number of imide groups is 4. The Hall–Kier alpha value is -5.27. The molecule has 13 nitrogen and oxygen atoms in total. The van der Waals surface area contributed by atoms with Crippen LogP contribution in [-0.4, -0.2) is 73.2 Å². The summed E-state index contributed by atoms with van der Waals surface area (Å²) < 4.78 is 21.9. The first kappa shape index (κ1) is 35.1. The zero-order valence-corrected chi connectivity index (χ0v) is 29.9. The van der Waals surface area contributed by atoms with Crippen LogP contribution in [0.5, 0.6) is 23.0 Å². The number of phenolic OH excluding ortho intramolecular Hbond substituents is 1. The first-order valence-electron chi connectivity index (χ1n) is 16.3. The van der Waals surface area contributed by atoms with E-state index in [9.17, 15) is 24.3 Å². The van der Waals surface area contributed by atoms with E-state index in [1.165, 1.54) is 45.6 Å². The number of methoxy groups -OCH3 is 4. The summed E-state index contributed by atoms with van der Waals surface area (Å²) in [6.45, 7) is 0. The normalized spacial score (nSPS) is 26.3. The summed E-state index contributed by atoms with van der Waals surface area (Å²) in [6, 6.07) is 14.1. The largest absolute Gasteiger partial charge is 0.508 e. The monoisotopic (exact) mass is 749 g/mol. The summed E-state index contributed by atoms with van der Waals surface area (Å²) in [5, 5.41) is 12.1. The minimum atomic E-state index is -1.73. The third kappa shape index (κ3) is 5.01. The van der Waals surface area contributed by atoms with Gasteiger partial charge in [0.2, 0.25) is 11.8 Å². The zero-order chi connectivity index (χ0) is 37.2. The molecule has 0 unspecified atom stereocenters. The van der Waals surface area contributed by atoms with Crippen LogP contribution < -0.4 is 19.6 Å². The highest BCUT2D eigenvalue weighted by Crippen LogP contribution is 2.66. The van der Waals surface area contributed by atoms with E-state index in [1.807, 2.05) is 0 Å². The van der Waals surface area contributed by atoms with Gasteiger partial charge in [-0.2, -0.15) is 9.91 Å². The van der Waals surface area contributed by atoms with Crippen molar-refractivity contribution in [1.29, 1.82) is 0 Å². The van der Waals surface area contributed by atoms with Crippen molar-refractivity contribution in [2.75, 3.05) is 33.9 Å². The lowest BCUT2D eigenvalue weighted by atomic mass is 9.49. The molecule has 7 rings (SSSR count). The van der Waals surface area contributed by atoms with Gasteiger partial charge in [0.25, 0.3) is 11.8 Å². The molecule has 270 valence electrons. The molecule has 2 aliphatic carbocycles. The summed E-state index contributed by atoms with van der Waals surface area (Å²) in [5.74, 6) is -7.10. The summed E-state index contributed by atoms with van der Waals surface area (Å²) in [7, 11) is 5.37. The maximum atomic E-state index is 15.5. The minimum absolute atomic E-state index is 0.0522. The Kier molecular flexibility index (Phi) is 8.82. The molecule has 0 aromatic heterocycles. The third-order valence-corrected chi connectivity index (χ3v) is 11.3. The van der Waals surface area contributed by atoms with Crippen molar-refractivity contribution in [3.63, 3.8) is 0 Å². The van der Waals surface area contributed by atoms with E-state index in [2.05, 4.69) is 5.43 Å². The first-order valence-corrected chi connectivity index (χ1v) is 17.0. The highest BCUT2D eigenvalue weighted by atomic mass is 35.5. The molecule has 2 aliphatic heterocycles. The number of phenols is 1. The molecule has 0 spiro atoms. The van der Waals surface area contributed by atoms with Gasteiger partial charge in [0.05, 0.1) is 62.3 Å². The number of hydrogen-bond acceptors (Lipinski definition) is 11. The van der Waals surface area contributed by atoms with Gasteiger partial charge in [-0.15, -0.1) is 0 Å². The van der Waals surface area contributed by atoms with Crippen LogP contribution in [-0.2, 0) is 29.3 Å². The molecule has 6 atom stereocenters. The lowest BCUT2D eigenvalue weighted by molar-refractivity contribution is -0.140. The number of rotatable bonds is 7. The Balaban J connectivity index is 1.52. The topological polar surface area (TPSA) is 161 Å². The molecule has 3 fully saturated rings. The maximum Gasteiger partial charge on any atom is 0.423 e. The molecule has 2 N–H and O–H groups in total. The van der Waals surface area contributed by atoms with Crippen LogP contribution in [0.15, 0.2) is 66.2 Å². The van der Waals surface area contributed by atoms with E-state index in [-0.39, 0.29) is 40.8 Å². The molecular formula is C37H33Cl2N3O10. The highest BCUT2D eigenvalue weighted by molar-refractivity contribution is 6.36. The van der Waals surface area contributed by atoms with Crippen molar-refractivity contribution in [1.82, 2.24) is 9.91 Å². The standard InChI is InChI=1S/C37H33Cl2N3O10/c1-49-20-8-5-17(6-9-20)37-24(33(45)42(35(37)47)40-26-12-7-18(38)13-25(26)39)16-23-21(31(37)30-27(50-2)14-19(43)15-28(30)51-3)10-11-22-29(23)34(46)41(32(22)44)36(48)52-4/h5-10,12-15,22-24,29,31,40,43H,11,16H2,1-4H3/t22-,23+,24-,29-,31+,37+/m0/s1. The fourth-order valence-electron chi connectivity index (χ4n) is 8.64. The number of carbonyl (C=O) groups is 5. The van der Waals surface area contributed by atoms with E-state index in [0.29, 0.717) is 32.4 Å². The molecule has 15 heteroatoms. The number of allylic oxidation sites excluding steroid dienone is 2. The SMILES string of the molecule is COC(=O)N1C(=O)[C@H]2[C@H](CC=C3[C@H]2C[C@H]2C(=O)N(Nc4ccc(Cl)cc4Cl)C(=O)[C@@]2(c2ccc(OC)cc2)[C@H]3c2c(OC)cc(O)cc2OC)C1=O. The lowest BCUT2D eigenvalue weighted by Gasteiger charge is -2.51. The number of ether oxygens (including phenoxy) is 4. The van der Waals surface area contributed by atoms with Gasteiger partial charge in [-0.1, -0.05) is 47.0 Å². The van der Waals surface area contributed by atoms with Crippen molar-refractivity contribution < 1.29 is 48.0 Å². The number of benzene rings is 3. The number of likely N-dealkylation sites (tertiary alicyclic amines) is 1. The molecule has 0 radical (unpaired) electrons. The molecule has 2 heterocycles. The number of aromatic hydroxyl groups is 1. The van der Waals surface area contributed by atoms with E-state index in [4.69, 9.17) is 42.1 Å². The molecule has 2 saturated heterocycles. The Morgan fingerprint density at radius 2 is 1.54 bits per heavy atom. The minimum Gasteiger partial charge on any atom is -0.508 e. The lowest BCUT2D eigenvalue weighted by Crippen LogP contribution is -2.53. The average Bonchev–Trinajstić information content (AvgIpc) is 3.52. The maximum absolute atomic E-state index is 15.5. The van der Waals surface area contributed by atoms with E-state index >= 15 is 4.79 Å². The number of carbonyl (C=O) groups excluding carboxylic acids is 5. The quantitative estimate of drug-likeness (QED) is 0.233. The number of halogens is 2. The number of amides is 5. The fraction of sp³-hybridized carbons (Fsp3) is 0.324. The Labute approximate surface area is 307 Å². The van der Waals surface area contributed by atoms with E-state index in [1.54, 1.807) is 36.4 Å². The second kappa shape index (κ2) is 13.1. The smallest absolute Gasteiger partial charge is 0.423 e. The highest BCUT2D eigenvalue weighted by Gasteiger charge is 2.71. The van der Waals surface area contributed by atoms with Gasteiger partial charge in [0, 0.05) is 28.6 Å². The first-order chi connectivity index (χ1) is 24.9. The molecule has 52 heavy (non-hydrogen) atoms. The summed E-state index contributed by atoms with van der Waals surface area (Å²) in [6.07, 6.45) is 0.708. The number of nitrogens with zero attached hydrogens (tertiary/aromatic N) is 2. The molecule has 1 saturated carbocycles. The molecule has 0 bridgehead atoms. The fourth-order valence-corrected chi connectivity index (χ4v) is 9.09. The predicted octanol–water partition coefficient (Wildman–Crippen LogP) is 5.48. The van der Waals surface area contributed by atoms with Crippen molar-refractivity contribution in [2.45, 2.75) is 24.2 Å². The van der Waals surface area contributed by atoms with Gasteiger partial charge in [-0.3, -0.25) is 24.6 Å². The van der Waals surface area contributed by atoms with Crippen LogP contribution >= 0.6 is 23.2 Å².